The predicted molar refractivity (Wildman–Crippen MR) is 156 cm³/mol. The van der Waals surface area contributed by atoms with Crippen molar-refractivity contribution in [3.8, 4) is 17.1 Å². The van der Waals surface area contributed by atoms with Gasteiger partial charge < -0.3 is 4.74 Å². The number of aryl methyl sites for hydroxylation is 2. The van der Waals surface area contributed by atoms with E-state index in [1.165, 1.54) is 6.42 Å². The molecule has 1 aliphatic heterocycles. The number of sulfonamides is 1. The highest BCUT2D eigenvalue weighted by molar-refractivity contribution is 7.92. The minimum absolute atomic E-state index is 0.0191. The maximum absolute atomic E-state index is 13.6. The maximum atomic E-state index is 13.6. The molecule has 0 saturated heterocycles. The quantitative estimate of drug-likeness (QED) is 0.365. The van der Waals surface area contributed by atoms with Crippen molar-refractivity contribution in [2.24, 2.45) is 23.2 Å². The fraction of sp³-hybridized carbons (Fsp3) is 0.500. The van der Waals surface area contributed by atoms with Gasteiger partial charge in [0.15, 0.2) is 0 Å². The molecule has 1 saturated carbocycles. The van der Waals surface area contributed by atoms with Gasteiger partial charge in [-0.2, -0.15) is 4.98 Å². The second-order valence-electron chi connectivity index (χ2n) is 12.8. The number of nitrogens with one attached hydrogen (secondary N) is 1. The third kappa shape index (κ3) is 5.98. The summed E-state index contributed by atoms with van der Waals surface area (Å²) in [4.78, 5) is 9.41. The smallest absolute Gasteiger partial charge is 0.264 e. The molecule has 2 aliphatic rings. The molecule has 2 unspecified atom stereocenters. The van der Waals surface area contributed by atoms with E-state index in [9.17, 15) is 8.42 Å². The molecular formula is C32H41N3O3S. The van der Waals surface area contributed by atoms with Crippen LogP contribution in [0.5, 0.6) is 5.88 Å². The van der Waals surface area contributed by atoms with E-state index in [0.29, 0.717) is 30.0 Å². The number of anilines is 1. The van der Waals surface area contributed by atoms with Gasteiger partial charge in [-0.3, -0.25) is 0 Å². The van der Waals surface area contributed by atoms with Crippen LogP contribution in [0.4, 0.5) is 5.95 Å². The molecule has 2 heterocycles. The van der Waals surface area contributed by atoms with E-state index in [1.54, 1.807) is 6.07 Å². The van der Waals surface area contributed by atoms with E-state index < -0.39 is 10.0 Å². The summed E-state index contributed by atoms with van der Waals surface area (Å²) in [5.74, 6) is 1.77. The largest absolute Gasteiger partial charge is 0.477 e. The van der Waals surface area contributed by atoms with E-state index in [1.807, 2.05) is 50.2 Å². The summed E-state index contributed by atoms with van der Waals surface area (Å²) in [7, 11) is -3.91. The Bertz CT molecular complexity index is 1440. The second kappa shape index (κ2) is 10.6. The van der Waals surface area contributed by atoms with Crippen LogP contribution >= 0.6 is 0 Å². The summed E-state index contributed by atoms with van der Waals surface area (Å²) in [5, 5.41) is 0. The summed E-state index contributed by atoms with van der Waals surface area (Å²) in [6.45, 7) is 13.8. The lowest BCUT2D eigenvalue weighted by Crippen LogP contribution is -2.28. The third-order valence-corrected chi connectivity index (χ3v) is 9.79. The normalized spacial score (nSPS) is 23.8. The van der Waals surface area contributed by atoms with Crippen molar-refractivity contribution in [1.82, 2.24) is 9.97 Å². The maximum Gasteiger partial charge on any atom is 0.264 e. The Hall–Kier alpha value is -2.93. The van der Waals surface area contributed by atoms with Crippen molar-refractivity contribution in [2.45, 2.75) is 78.0 Å². The van der Waals surface area contributed by atoms with Gasteiger partial charge in [-0.1, -0.05) is 58.0 Å². The van der Waals surface area contributed by atoms with Crippen LogP contribution < -0.4 is 9.46 Å². The van der Waals surface area contributed by atoms with Crippen molar-refractivity contribution in [2.75, 3.05) is 11.3 Å². The molecule has 6 nitrogen and oxygen atoms in total. The first-order valence-electron chi connectivity index (χ1n) is 14.1. The molecule has 1 fully saturated rings. The Kier molecular flexibility index (Phi) is 7.49. The van der Waals surface area contributed by atoms with Gasteiger partial charge in [0.05, 0.1) is 17.2 Å². The van der Waals surface area contributed by atoms with Gasteiger partial charge in [0, 0.05) is 17.5 Å². The molecule has 0 radical (unpaired) electrons. The van der Waals surface area contributed by atoms with E-state index in [0.717, 1.165) is 41.5 Å². The van der Waals surface area contributed by atoms with Crippen LogP contribution in [0.3, 0.4) is 0 Å². The van der Waals surface area contributed by atoms with Crippen molar-refractivity contribution >= 4 is 16.0 Å². The number of hydrogen-bond acceptors (Lipinski definition) is 5. The topological polar surface area (TPSA) is 81.2 Å². The summed E-state index contributed by atoms with van der Waals surface area (Å²) in [6.07, 6.45) is 4.42. The Balaban J connectivity index is 1.66. The van der Waals surface area contributed by atoms with E-state index in [2.05, 4.69) is 48.5 Å². The van der Waals surface area contributed by atoms with Gasteiger partial charge in [0.25, 0.3) is 10.0 Å². The summed E-state index contributed by atoms with van der Waals surface area (Å²) in [6, 6.07) is 15.4. The molecule has 5 rings (SSSR count). The van der Waals surface area contributed by atoms with Crippen molar-refractivity contribution < 1.29 is 13.2 Å². The van der Waals surface area contributed by atoms with E-state index >= 15 is 0 Å². The lowest BCUT2D eigenvalue weighted by Gasteiger charge is -2.34. The van der Waals surface area contributed by atoms with Crippen LogP contribution in [0.1, 0.15) is 76.0 Å². The molecule has 3 atom stereocenters. The van der Waals surface area contributed by atoms with Crippen molar-refractivity contribution in [3.05, 3.63) is 65.2 Å². The Morgan fingerprint density at radius 2 is 1.77 bits per heavy atom. The van der Waals surface area contributed by atoms with Gasteiger partial charge >= 0.3 is 0 Å². The van der Waals surface area contributed by atoms with E-state index in [4.69, 9.17) is 4.74 Å². The van der Waals surface area contributed by atoms with Crippen LogP contribution in [-0.4, -0.2) is 25.0 Å². The van der Waals surface area contributed by atoms with Crippen molar-refractivity contribution in [3.63, 3.8) is 0 Å². The highest BCUT2D eigenvalue weighted by Gasteiger charge is 2.40. The zero-order valence-electron chi connectivity index (χ0n) is 24.0. The molecule has 0 amide bonds. The van der Waals surface area contributed by atoms with E-state index in [-0.39, 0.29) is 28.1 Å². The monoisotopic (exact) mass is 547 g/mol. The summed E-state index contributed by atoms with van der Waals surface area (Å²) >= 11 is 0. The van der Waals surface area contributed by atoms with Gasteiger partial charge in [-0.05, 0) is 91.5 Å². The first-order valence-corrected chi connectivity index (χ1v) is 15.6. The summed E-state index contributed by atoms with van der Waals surface area (Å²) in [5.41, 5.74) is 5.09. The number of hydrogen-bond donors (Lipinski definition) is 1. The number of benzene rings is 2. The number of ether oxygens (including phenoxy) is 1. The molecule has 39 heavy (non-hydrogen) atoms. The number of nitrogens with zero attached hydrogens (tertiary/aromatic N) is 2. The minimum Gasteiger partial charge on any atom is -0.477 e. The molecule has 1 N–H and O–H groups in total. The first-order chi connectivity index (χ1) is 18.4. The van der Waals surface area contributed by atoms with Crippen LogP contribution in [0.25, 0.3) is 11.3 Å². The van der Waals surface area contributed by atoms with Gasteiger partial charge in [-0.15, -0.1) is 0 Å². The molecule has 208 valence electrons. The molecular weight excluding hydrogens is 506 g/mol. The molecule has 7 heteroatoms. The van der Waals surface area contributed by atoms with Gasteiger partial charge in [-0.25, -0.2) is 18.1 Å². The molecule has 1 aliphatic carbocycles. The first kappa shape index (κ1) is 27.6. The molecule has 0 spiro atoms. The minimum atomic E-state index is -3.91. The SMILES string of the molecule is Cc1cccc(C)c1-c1cc2nc(n1)NS(=O)(=O)c1cccc(c1)C(C1CCC(C)(C)C1)[C@H](CC(C)C)CO2. The molecule has 2 aromatic carbocycles. The summed E-state index contributed by atoms with van der Waals surface area (Å²) < 4.78 is 36.4. The number of aromatic nitrogens is 2. The molecule has 3 aromatic rings. The molecule has 1 aromatic heterocycles. The number of fused-ring (bicyclic) bond motifs is 4. The Morgan fingerprint density at radius 3 is 2.44 bits per heavy atom. The standard InChI is InChI=1S/C32H41N3O3S/c1-20(2)15-25-19-38-28-17-27(29-21(3)9-7-10-22(29)4)33-31(34-28)35-39(36,37)26-12-8-11-23(16-26)30(25)24-13-14-32(5,6)18-24/h7-12,16-17,20,24-25,30H,13-15,18-19H2,1-6H3,(H,33,34,35)/t24?,25-,30?/m1/s1. The van der Waals surface area contributed by atoms with Gasteiger partial charge in [0.2, 0.25) is 11.8 Å². The van der Waals surface area contributed by atoms with Crippen molar-refractivity contribution in [1.29, 1.82) is 0 Å². The fourth-order valence-corrected chi connectivity index (χ4v) is 7.80. The Morgan fingerprint density at radius 1 is 1.05 bits per heavy atom. The zero-order valence-corrected chi connectivity index (χ0v) is 24.8. The van der Waals surface area contributed by atoms with Gasteiger partial charge in [0.1, 0.15) is 0 Å². The lowest BCUT2D eigenvalue weighted by atomic mass is 9.72. The number of rotatable bonds is 4. The predicted octanol–water partition coefficient (Wildman–Crippen LogP) is 7.53. The van der Waals surface area contributed by atoms with Crippen LogP contribution in [0.15, 0.2) is 53.4 Å². The highest BCUT2D eigenvalue weighted by Crippen LogP contribution is 2.50. The average molecular weight is 548 g/mol. The molecule has 4 bridgehead atoms. The van der Waals surface area contributed by atoms with Crippen LogP contribution in [0, 0.1) is 37.0 Å². The fourth-order valence-electron chi connectivity index (χ4n) is 6.80. The lowest BCUT2D eigenvalue weighted by molar-refractivity contribution is 0.163. The van der Waals surface area contributed by atoms with Crippen LogP contribution in [0.2, 0.25) is 0 Å². The second-order valence-corrected chi connectivity index (χ2v) is 14.4. The van der Waals surface area contributed by atoms with Crippen LogP contribution in [-0.2, 0) is 10.0 Å². The zero-order chi connectivity index (χ0) is 27.9. The third-order valence-electron chi connectivity index (χ3n) is 8.46. The highest BCUT2D eigenvalue weighted by atomic mass is 32.2. The average Bonchev–Trinajstić information content (AvgIpc) is 3.20. The Labute approximate surface area is 233 Å².